The van der Waals surface area contributed by atoms with Crippen LogP contribution in [0.5, 0.6) is 0 Å². The highest BCUT2D eigenvalue weighted by Gasteiger charge is 2.22. The van der Waals surface area contributed by atoms with Gasteiger partial charge in [-0.15, -0.1) is 11.3 Å². The number of aryl methyl sites for hydroxylation is 1. The van der Waals surface area contributed by atoms with Gasteiger partial charge in [-0.2, -0.15) is 0 Å². The lowest BCUT2D eigenvalue weighted by molar-refractivity contribution is 0.566. The van der Waals surface area contributed by atoms with Gasteiger partial charge in [0.05, 0.1) is 11.7 Å². The molecular formula is C16H21ClN2S. The van der Waals surface area contributed by atoms with E-state index in [1.165, 1.54) is 11.1 Å². The van der Waals surface area contributed by atoms with Crippen LogP contribution in [0.25, 0.3) is 0 Å². The van der Waals surface area contributed by atoms with Gasteiger partial charge in [0, 0.05) is 15.8 Å². The number of hydrogen-bond acceptors (Lipinski definition) is 3. The summed E-state index contributed by atoms with van der Waals surface area (Å²) in [4.78, 5) is 4.82. The van der Waals surface area contributed by atoms with Gasteiger partial charge in [-0.3, -0.25) is 0 Å². The first-order chi connectivity index (χ1) is 9.32. The minimum atomic E-state index is 0.0854. The third kappa shape index (κ3) is 3.22. The van der Waals surface area contributed by atoms with Gasteiger partial charge >= 0.3 is 0 Å². The van der Waals surface area contributed by atoms with E-state index in [1.807, 2.05) is 19.2 Å². The molecule has 1 unspecified atom stereocenters. The van der Waals surface area contributed by atoms with Crippen molar-refractivity contribution in [3.63, 3.8) is 0 Å². The fourth-order valence-electron chi connectivity index (χ4n) is 2.14. The Morgan fingerprint density at radius 2 is 2.00 bits per heavy atom. The van der Waals surface area contributed by atoms with Crippen molar-refractivity contribution in [2.75, 3.05) is 7.05 Å². The molecule has 2 rings (SSSR count). The van der Waals surface area contributed by atoms with E-state index < -0.39 is 0 Å². The van der Waals surface area contributed by atoms with Crippen LogP contribution >= 0.6 is 22.9 Å². The third-order valence-electron chi connectivity index (χ3n) is 3.37. The van der Waals surface area contributed by atoms with E-state index >= 15 is 0 Å². The highest BCUT2D eigenvalue weighted by Crippen LogP contribution is 2.31. The zero-order valence-electron chi connectivity index (χ0n) is 12.6. The molecule has 0 saturated heterocycles. The Morgan fingerprint density at radius 3 is 2.50 bits per heavy atom. The van der Waals surface area contributed by atoms with Crippen molar-refractivity contribution >= 4 is 22.9 Å². The molecule has 0 aliphatic rings. The highest BCUT2D eigenvalue weighted by atomic mass is 35.5. The van der Waals surface area contributed by atoms with Gasteiger partial charge in [-0.25, -0.2) is 4.98 Å². The van der Waals surface area contributed by atoms with Crippen molar-refractivity contribution in [1.29, 1.82) is 0 Å². The van der Waals surface area contributed by atoms with Crippen molar-refractivity contribution in [2.45, 2.75) is 39.2 Å². The number of aromatic nitrogens is 1. The summed E-state index contributed by atoms with van der Waals surface area (Å²) < 4.78 is 0. The maximum absolute atomic E-state index is 6.04. The predicted octanol–water partition coefficient (Wildman–Crippen LogP) is 4.71. The standard InChI is InChI=1S/C16H21ClN2S/c1-10-8-11(17)6-7-12(10)14(18-5)15-19-13(9-20-15)16(2,3)4/h6-9,14,18H,1-5H3. The molecule has 0 bridgehead atoms. The Labute approximate surface area is 130 Å². The number of halogens is 1. The van der Waals surface area contributed by atoms with E-state index in [0.717, 1.165) is 15.7 Å². The van der Waals surface area contributed by atoms with Crippen molar-refractivity contribution in [3.8, 4) is 0 Å². The maximum Gasteiger partial charge on any atom is 0.114 e. The molecule has 20 heavy (non-hydrogen) atoms. The normalized spacial score (nSPS) is 13.5. The van der Waals surface area contributed by atoms with E-state index in [9.17, 15) is 0 Å². The van der Waals surface area contributed by atoms with Crippen LogP contribution in [-0.4, -0.2) is 12.0 Å². The Balaban J connectivity index is 2.40. The lowest BCUT2D eigenvalue weighted by Gasteiger charge is -2.18. The Morgan fingerprint density at radius 1 is 1.30 bits per heavy atom. The molecule has 0 radical (unpaired) electrons. The molecular weight excluding hydrogens is 288 g/mol. The van der Waals surface area contributed by atoms with Crippen LogP contribution in [0.2, 0.25) is 5.02 Å². The zero-order valence-corrected chi connectivity index (χ0v) is 14.2. The second kappa shape index (κ2) is 5.84. The number of hydrogen-bond donors (Lipinski definition) is 1. The molecule has 1 heterocycles. The lowest BCUT2D eigenvalue weighted by atomic mass is 9.93. The average molecular weight is 309 g/mol. The van der Waals surface area contributed by atoms with Gasteiger partial charge in [-0.1, -0.05) is 38.4 Å². The van der Waals surface area contributed by atoms with Crippen molar-refractivity contribution in [3.05, 3.63) is 50.4 Å². The fraction of sp³-hybridized carbons (Fsp3) is 0.438. The molecule has 4 heteroatoms. The largest absolute Gasteiger partial charge is 0.307 e. The fourth-order valence-corrected chi connectivity index (χ4v) is 3.54. The Bertz CT molecular complexity index is 599. The SMILES string of the molecule is CNC(c1nc(C(C)(C)C)cs1)c1ccc(Cl)cc1C. The van der Waals surface area contributed by atoms with Gasteiger partial charge in [0.1, 0.15) is 5.01 Å². The minimum Gasteiger partial charge on any atom is -0.307 e. The van der Waals surface area contributed by atoms with E-state index in [0.29, 0.717) is 0 Å². The summed E-state index contributed by atoms with van der Waals surface area (Å²) in [7, 11) is 1.97. The van der Waals surface area contributed by atoms with Gasteiger partial charge in [0.2, 0.25) is 0 Å². The van der Waals surface area contributed by atoms with Crippen LogP contribution in [0.1, 0.15) is 48.6 Å². The average Bonchev–Trinajstić information content (AvgIpc) is 2.82. The third-order valence-corrected chi connectivity index (χ3v) is 4.51. The van der Waals surface area contributed by atoms with E-state index in [1.54, 1.807) is 11.3 Å². The first kappa shape index (κ1) is 15.5. The van der Waals surface area contributed by atoms with Gasteiger partial charge in [-0.05, 0) is 37.2 Å². The van der Waals surface area contributed by atoms with Gasteiger partial charge < -0.3 is 5.32 Å². The molecule has 1 aromatic carbocycles. The predicted molar refractivity (Wildman–Crippen MR) is 87.9 cm³/mol. The highest BCUT2D eigenvalue weighted by molar-refractivity contribution is 7.09. The number of thiazole rings is 1. The molecule has 1 N–H and O–H groups in total. The van der Waals surface area contributed by atoms with Crippen LogP contribution in [0.4, 0.5) is 0 Å². The number of nitrogens with one attached hydrogen (secondary N) is 1. The molecule has 0 amide bonds. The second-order valence-electron chi connectivity index (χ2n) is 6.04. The van der Waals surface area contributed by atoms with Crippen LogP contribution < -0.4 is 5.32 Å². The van der Waals surface area contributed by atoms with Gasteiger partial charge in [0.15, 0.2) is 0 Å². The lowest BCUT2D eigenvalue weighted by Crippen LogP contribution is -2.19. The number of benzene rings is 1. The molecule has 0 spiro atoms. The monoisotopic (exact) mass is 308 g/mol. The van der Waals surface area contributed by atoms with Crippen LogP contribution in [-0.2, 0) is 5.41 Å². The molecule has 1 aromatic heterocycles. The minimum absolute atomic E-state index is 0.0854. The summed E-state index contributed by atoms with van der Waals surface area (Å²) >= 11 is 7.75. The van der Waals surface area contributed by atoms with E-state index in [-0.39, 0.29) is 11.5 Å². The topological polar surface area (TPSA) is 24.9 Å². The molecule has 1 atom stereocenters. The first-order valence-electron chi connectivity index (χ1n) is 6.72. The summed E-state index contributed by atoms with van der Waals surface area (Å²) in [6.45, 7) is 8.65. The maximum atomic E-state index is 6.04. The molecule has 0 aliphatic carbocycles. The van der Waals surface area contributed by atoms with Crippen LogP contribution in [0.15, 0.2) is 23.6 Å². The van der Waals surface area contributed by atoms with E-state index in [2.05, 4.69) is 44.5 Å². The van der Waals surface area contributed by atoms with Crippen LogP contribution in [0.3, 0.4) is 0 Å². The number of rotatable bonds is 3. The van der Waals surface area contributed by atoms with Crippen molar-refractivity contribution in [2.24, 2.45) is 0 Å². The van der Waals surface area contributed by atoms with Gasteiger partial charge in [0.25, 0.3) is 0 Å². The summed E-state index contributed by atoms with van der Waals surface area (Å²) in [5.41, 5.74) is 3.64. The Hall–Kier alpha value is -0.900. The molecule has 0 saturated carbocycles. The molecule has 2 aromatic rings. The quantitative estimate of drug-likeness (QED) is 0.888. The molecule has 108 valence electrons. The smallest absolute Gasteiger partial charge is 0.114 e. The summed E-state index contributed by atoms with van der Waals surface area (Å²) in [6, 6.07) is 6.14. The van der Waals surface area contributed by atoms with E-state index in [4.69, 9.17) is 16.6 Å². The van der Waals surface area contributed by atoms with Crippen molar-refractivity contribution in [1.82, 2.24) is 10.3 Å². The molecule has 0 aliphatic heterocycles. The summed E-state index contributed by atoms with van der Waals surface area (Å²) in [6.07, 6.45) is 0. The Kier molecular flexibility index (Phi) is 4.52. The van der Waals surface area contributed by atoms with Crippen molar-refractivity contribution < 1.29 is 0 Å². The summed E-state index contributed by atoms with van der Waals surface area (Å²) in [5.74, 6) is 0. The second-order valence-corrected chi connectivity index (χ2v) is 7.37. The molecule has 0 fully saturated rings. The first-order valence-corrected chi connectivity index (χ1v) is 7.98. The number of nitrogens with zero attached hydrogens (tertiary/aromatic N) is 1. The zero-order chi connectivity index (χ0) is 14.9. The van der Waals surface area contributed by atoms with Crippen LogP contribution in [0, 0.1) is 6.92 Å². The molecule has 2 nitrogen and oxygen atoms in total. The summed E-state index contributed by atoms with van der Waals surface area (Å²) in [5, 5.41) is 7.40.